The van der Waals surface area contributed by atoms with Crippen LogP contribution in [0.2, 0.25) is 0 Å². The van der Waals surface area contributed by atoms with E-state index in [1.165, 1.54) is 0 Å². The van der Waals surface area contributed by atoms with Gasteiger partial charge in [0, 0.05) is 29.4 Å². The molecule has 1 heterocycles. The quantitative estimate of drug-likeness (QED) is 0.888. The van der Waals surface area contributed by atoms with Crippen LogP contribution >= 0.6 is 0 Å². The normalized spacial score (nSPS) is 15.4. The molecule has 0 saturated heterocycles. The molecule has 0 radical (unpaired) electrons. The van der Waals surface area contributed by atoms with Gasteiger partial charge in [0.2, 0.25) is 5.91 Å². The molecule has 0 aromatic heterocycles. The monoisotopic (exact) mass is 311 g/mol. The second-order valence-corrected chi connectivity index (χ2v) is 7.07. The highest BCUT2D eigenvalue weighted by atomic mass is 32.2. The first-order valence-electron chi connectivity index (χ1n) is 6.89. The third-order valence-corrected chi connectivity index (χ3v) is 4.29. The molecular formula is C15H21NO4S. The van der Waals surface area contributed by atoms with E-state index in [2.05, 4.69) is 5.32 Å². The summed E-state index contributed by atoms with van der Waals surface area (Å²) in [5.41, 5.74) is 0.173. The minimum absolute atomic E-state index is 0.0929. The zero-order valence-corrected chi connectivity index (χ0v) is 13.4. The van der Waals surface area contributed by atoms with Crippen molar-refractivity contribution in [3.05, 3.63) is 23.8 Å². The van der Waals surface area contributed by atoms with Gasteiger partial charge in [-0.1, -0.05) is 6.07 Å². The zero-order chi connectivity index (χ0) is 15.5. The Morgan fingerprint density at radius 2 is 1.95 bits per heavy atom. The lowest BCUT2D eigenvalue weighted by Crippen LogP contribution is -2.41. The summed E-state index contributed by atoms with van der Waals surface area (Å²) < 4.78 is 22.1. The van der Waals surface area contributed by atoms with E-state index in [4.69, 9.17) is 9.47 Å². The van der Waals surface area contributed by atoms with E-state index in [-0.39, 0.29) is 5.91 Å². The van der Waals surface area contributed by atoms with Crippen LogP contribution in [-0.4, -0.2) is 41.9 Å². The highest BCUT2D eigenvalue weighted by molar-refractivity contribution is 7.84. The molecule has 1 aromatic rings. The van der Waals surface area contributed by atoms with Crippen LogP contribution in [0, 0.1) is 0 Å². The Labute approximate surface area is 127 Å². The molecule has 0 saturated carbocycles. The van der Waals surface area contributed by atoms with Crippen LogP contribution < -0.4 is 14.8 Å². The third kappa shape index (κ3) is 3.75. The highest BCUT2D eigenvalue weighted by Crippen LogP contribution is 2.35. The van der Waals surface area contributed by atoms with E-state index < -0.39 is 16.2 Å². The van der Waals surface area contributed by atoms with E-state index >= 15 is 0 Å². The van der Waals surface area contributed by atoms with Gasteiger partial charge >= 0.3 is 0 Å². The van der Waals surface area contributed by atoms with Crippen LogP contribution in [0.4, 0.5) is 0 Å². The largest absolute Gasteiger partial charge is 0.486 e. The fraction of sp³-hybridized carbons (Fsp3) is 0.533. The van der Waals surface area contributed by atoms with Gasteiger partial charge in [-0.25, -0.2) is 0 Å². The molecule has 0 aliphatic carbocycles. The van der Waals surface area contributed by atoms with Gasteiger partial charge in [-0.05, 0) is 31.5 Å². The van der Waals surface area contributed by atoms with E-state index in [1.54, 1.807) is 6.26 Å². The molecule has 0 bridgehead atoms. The maximum Gasteiger partial charge on any atom is 0.230 e. The molecule has 1 atom stereocenters. The summed E-state index contributed by atoms with van der Waals surface area (Å²) in [6.45, 7) is 5.19. The average molecular weight is 311 g/mol. The Hall–Kier alpha value is -1.56. The van der Waals surface area contributed by atoms with Gasteiger partial charge < -0.3 is 14.8 Å². The molecule has 1 N–H and O–H groups in total. The number of hydrogen-bond donors (Lipinski definition) is 1. The molecule has 2 rings (SSSR count). The van der Waals surface area contributed by atoms with Gasteiger partial charge in [-0.15, -0.1) is 0 Å². The maximum absolute atomic E-state index is 12.3. The van der Waals surface area contributed by atoms with Crippen molar-refractivity contribution in [2.24, 2.45) is 0 Å². The summed E-state index contributed by atoms with van der Waals surface area (Å²) in [5.74, 6) is 1.75. The summed E-state index contributed by atoms with van der Waals surface area (Å²) >= 11 is 0. The second-order valence-electron chi connectivity index (χ2n) is 5.52. The molecule has 1 unspecified atom stereocenters. The highest BCUT2D eigenvalue weighted by Gasteiger charge is 2.30. The predicted octanol–water partition coefficient (Wildman–Crippen LogP) is 1.23. The lowest BCUT2D eigenvalue weighted by molar-refractivity contribution is -0.125. The van der Waals surface area contributed by atoms with E-state index in [9.17, 15) is 9.00 Å². The van der Waals surface area contributed by atoms with Crippen molar-refractivity contribution < 1.29 is 18.5 Å². The topological polar surface area (TPSA) is 64.6 Å². The minimum atomic E-state index is -0.906. The number of ether oxygens (including phenoxy) is 2. The van der Waals surface area contributed by atoms with E-state index in [0.29, 0.717) is 37.0 Å². The second kappa shape index (κ2) is 6.47. The fourth-order valence-electron chi connectivity index (χ4n) is 2.09. The van der Waals surface area contributed by atoms with Gasteiger partial charge in [0.1, 0.15) is 13.2 Å². The Morgan fingerprint density at radius 3 is 2.62 bits per heavy atom. The van der Waals surface area contributed by atoms with Crippen molar-refractivity contribution in [3.63, 3.8) is 0 Å². The van der Waals surface area contributed by atoms with Crippen LogP contribution in [0.1, 0.15) is 19.4 Å². The van der Waals surface area contributed by atoms with Crippen molar-refractivity contribution in [2.45, 2.75) is 19.3 Å². The molecule has 0 spiro atoms. The van der Waals surface area contributed by atoms with Crippen molar-refractivity contribution in [1.82, 2.24) is 5.32 Å². The fourth-order valence-corrected chi connectivity index (χ4v) is 2.48. The van der Waals surface area contributed by atoms with Crippen molar-refractivity contribution >= 4 is 16.7 Å². The van der Waals surface area contributed by atoms with Crippen molar-refractivity contribution in [2.75, 3.05) is 31.8 Å². The first-order chi connectivity index (χ1) is 9.91. The summed E-state index contributed by atoms with van der Waals surface area (Å²) in [6.07, 6.45) is 1.62. The summed E-state index contributed by atoms with van der Waals surface area (Å²) in [7, 11) is -0.906. The van der Waals surface area contributed by atoms with Crippen LogP contribution in [0.5, 0.6) is 11.5 Å². The lowest BCUT2D eigenvalue weighted by Gasteiger charge is -2.26. The van der Waals surface area contributed by atoms with Crippen LogP contribution in [0.15, 0.2) is 18.2 Å². The Morgan fingerprint density at radius 1 is 1.29 bits per heavy atom. The number of nitrogens with one attached hydrogen (secondary N) is 1. The molecule has 1 amide bonds. The number of carbonyl (C=O) groups excluding carboxylic acids is 1. The van der Waals surface area contributed by atoms with E-state index in [0.717, 1.165) is 5.56 Å². The molecule has 1 aliphatic rings. The first-order valence-corrected chi connectivity index (χ1v) is 8.62. The van der Waals surface area contributed by atoms with Gasteiger partial charge in [0.05, 0.1) is 5.41 Å². The SMILES string of the molecule is CS(=O)CCNC(=O)C(C)(C)c1ccc2c(c1)OCCO2. The Bertz CT molecular complexity index is 557. The number of fused-ring (bicyclic) bond motifs is 1. The summed E-state index contributed by atoms with van der Waals surface area (Å²) in [6, 6.07) is 5.57. The number of amides is 1. The smallest absolute Gasteiger partial charge is 0.230 e. The predicted molar refractivity (Wildman–Crippen MR) is 82.4 cm³/mol. The van der Waals surface area contributed by atoms with E-state index in [1.807, 2.05) is 32.0 Å². The summed E-state index contributed by atoms with van der Waals surface area (Å²) in [4.78, 5) is 12.3. The molecule has 1 aromatic carbocycles. The number of hydrogen-bond acceptors (Lipinski definition) is 4. The van der Waals surface area contributed by atoms with Gasteiger partial charge in [-0.3, -0.25) is 9.00 Å². The molecule has 6 heteroatoms. The zero-order valence-electron chi connectivity index (χ0n) is 12.6. The molecule has 5 nitrogen and oxygen atoms in total. The Balaban J connectivity index is 2.11. The van der Waals surface area contributed by atoms with Crippen molar-refractivity contribution in [3.8, 4) is 11.5 Å². The third-order valence-electron chi connectivity index (χ3n) is 3.51. The average Bonchev–Trinajstić information content (AvgIpc) is 2.46. The van der Waals surface area contributed by atoms with Gasteiger partial charge in [0.15, 0.2) is 11.5 Å². The van der Waals surface area contributed by atoms with Gasteiger partial charge in [-0.2, -0.15) is 0 Å². The van der Waals surface area contributed by atoms with Crippen molar-refractivity contribution in [1.29, 1.82) is 0 Å². The number of benzene rings is 1. The standard InChI is InChI=1S/C15H21NO4S/c1-15(2,14(17)16-6-9-21(3)18)11-4-5-12-13(10-11)20-8-7-19-12/h4-5,10H,6-9H2,1-3H3,(H,16,17). The summed E-state index contributed by atoms with van der Waals surface area (Å²) in [5, 5.41) is 2.83. The molecule has 21 heavy (non-hydrogen) atoms. The lowest BCUT2D eigenvalue weighted by atomic mass is 9.83. The molecule has 0 fully saturated rings. The number of rotatable bonds is 5. The maximum atomic E-state index is 12.3. The minimum Gasteiger partial charge on any atom is -0.486 e. The van der Waals surface area contributed by atoms with Gasteiger partial charge in [0.25, 0.3) is 0 Å². The Kier molecular flexibility index (Phi) is 4.88. The number of carbonyl (C=O) groups is 1. The molecular weight excluding hydrogens is 290 g/mol. The van der Waals surface area contributed by atoms with Crippen LogP contribution in [-0.2, 0) is 21.0 Å². The first kappa shape index (κ1) is 15.8. The van der Waals surface area contributed by atoms with Crippen LogP contribution in [0.3, 0.4) is 0 Å². The molecule has 116 valence electrons. The molecule has 1 aliphatic heterocycles. The van der Waals surface area contributed by atoms with Crippen LogP contribution in [0.25, 0.3) is 0 Å².